The predicted octanol–water partition coefficient (Wildman–Crippen LogP) is 2.65. The number of amides is 1. The van der Waals surface area contributed by atoms with Gasteiger partial charge in [0.2, 0.25) is 5.91 Å². The van der Waals surface area contributed by atoms with Gasteiger partial charge >= 0.3 is 0 Å². The molecular weight excluding hydrogens is 324 g/mol. The molecule has 0 aromatic heterocycles. The van der Waals surface area contributed by atoms with Crippen LogP contribution in [0.2, 0.25) is 5.02 Å². The zero-order valence-electron chi connectivity index (χ0n) is 15.2. The lowest BCUT2D eigenvalue weighted by Gasteiger charge is -2.25. The minimum Gasteiger partial charge on any atom is -0.357 e. The van der Waals surface area contributed by atoms with Crippen molar-refractivity contribution >= 4 is 23.5 Å². The molecule has 1 amide bonds. The maximum atomic E-state index is 12.2. The molecular formula is C18H29ClN4O. The Hall–Kier alpha value is -1.75. The quantitative estimate of drug-likeness (QED) is 0.578. The van der Waals surface area contributed by atoms with Crippen LogP contribution in [0.3, 0.4) is 0 Å². The summed E-state index contributed by atoms with van der Waals surface area (Å²) in [4.78, 5) is 20.6. The van der Waals surface area contributed by atoms with Crippen molar-refractivity contribution < 1.29 is 4.79 Å². The Morgan fingerprint density at radius 1 is 1.25 bits per heavy atom. The number of nitrogens with one attached hydrogen (secondary N) is 1. The van der Waals surface area contributed by atoms with Crippen molar-refractivity contribution in [2.75, 3.05) is 39.8 Å². The molecule has 1 N–H and O–H groups in total. The Morgan fingerprint density at radius 3 is 2.54 bits per heavy atom. The standard InChI is InChI=1S/C18H29ClN4O/c1-5-20-18(22(4)14-17(24)23(6-2)7-3)21-12-11-15-9-8-10-16(19)13-15/h8-10,13H,5-7,11-12,14H2,1-4H3,(H,20,21). The van der Waals surface area contributed by atoms with E-state index in [1.165, 1.54) is 0 Å². The summed E-state index contributed by atoms with van der Waals surface area (Å²) >= 11 is 6.00. The molecule has 0 unspecified atom stereocenters. The molecule has 0 fully saturated rings. The van der Waals surface area contributed by atoms with Gasteiger partial charge in [0.05, 0.1) is 6.54 Å². The normalized spacial score (nSPS) is 11.3. The van der Waals surface area contributed by atoms with Crippen molar-refractivity contribution in [3.05, 3.63) is 34.9 Å². The van der Waals surface area contributed by atoms with Gasteiger partial charge in [-0.1, -0.05) is 23.7 Å². The third-order valence-electron chi connectivity index (χ3n) is 3.74. The van der Waals surface area contributed by atoms with Crippen LogP contribution in [0.15, 0.2) is 29.3 Å². The van der Waals surface area contributed by atoms with E-state index in [0.29, 0.717) is 13.1 Å². The van der Waals surface area contributed by atoms with Crippen LogP contribution in [0.1, 0.15) is 26.3 Å². The van der Waals surface area contributed by atoms with Crippen LogP contribution < -0.4 is 5.32 Å². The number of hydrogen-bond acceptors (Lipinski definition) is 2. The number of guanidine groups is 1. The van der Waals surface area contributed by atoms with Crippen LogP contribution in [-0.2, 0) is 11.2 Å². The number of rotatable bonds is 8. The van der Waals surface area contributed by atoms with Crippen LogP contribution >= 0.6 is 11.6 Å². The van der Waals surface area contributed by atoms with Gasteiger partial charge in [-0.05, 0) is 44.9 Å². The first-order valence-corrected chi connectivity index (χ1v) is 8.91. The molecule has 1 rings (SSSR count). The number of carbonyl (C=O) groups excluding carboxylic acids is 1. The molecule has 1 aromatic rings. The van der Waals surface area contributed by atoms with Gasteiger partial charge in [-0.25, -0.2) is 0 Å². The van der Waals surface area contributed by atoms with Crippen molar-refractivity contribution in [1.82, 2.24) is 15.1 Å². The lowest BCUT2D eigenvalue weighted by molar-refractivity contribution is -0.131. The van der Waals surface area contributed by atoms with E-state index in [1.807, 2.05) is 61.9 Å². The molecule has 1 aromatic carbocycles. The van der Waals surface area contributed by atoms with Crippen molar-refractivity contribution in [2.45, 2.75) is 27.2 Å². The highest BCUT2D eigenvalue weighted by molar-refractivity contribution is 6.30. The molecule has 0 saturated heterocycles. The minimum absolute atomic E-state index is 0.114. The fourth-order valence-corrected chi connectivity index (χ4v) is 2.62. The first-order chi connectivity index (χ1) is 11.5. The smallest absolute Gasteiger partial charge is 0.242 e. The van der Waals surface area contributed by atoms with Gasteiger partial charge < -0.3 is 15.1 Å². The fourth-order valence-electron chi connectivity index (χ4n) is 2.41. The number of benzene rings is 1. The van der Waals surface area contributed by atoms with Gasteiger partial charge in [0.15, 0.2) is 5.96 Å². The van der Waals surface area contributed by atoms with Crippen LogP contribution in [0.4, 0.5) is 0 Å². The topological polar surface area (TPSA) is 47.9 Å². The Bertz CT molecular complexity index is 544. The van der Waals surface area contributed by atoms with Crippen LogP contribution in [0.5, 0.6) is 0 Å². The number of nitrogens with zero attached hydrogens (tertiary/aromatic N) is 3. The summed E-state index contributed by atoms with van der Waals surface area (Å²) in [6.07, 6.45) is 0.813. The second-order valence-corrected chi connectivity index (χ2v) is 5.97. The summed E-state index contributed by atoms with van der Waals surface area (Å²) in [6.45, 7) is 9.19. The van der Waals surface area contributed by atoms with Crippen molar-refractivity contribution in [3.8, 4) is 0 Å². The van der Waals surface area contributed by atoms with E-state index < -0.39 is 0 Å². The lowest BCUT2D eigenvalue weighted by atomic mass is 10.1. The summed E-state index contributed by atoms with van der Waals surface area (Å²) in [7, 11) is 1.89. The zero-order valence-corrected chi connectivity index (χ0v) is 15.9. The highest BCUT2D eigenvalue weighted by atomic mass is 35.5. The maximum absolute atomic E-state index is 12.2. The van der Waals surface area contributed by atoms with Crippen LogP contribution in [0, 0.1) is 0 Å². The molecule has 0 atom stereocenters. The fraction of sp³-hybridized carbons (Fsp3) is 0.556. The van der Waals surface area contributed by atoms with Gasteiger partial charge in [-0.15, -0.1) is 0 Å². The molecule has 0 spiro atoms. The third-order valence-corrected chi connectivity index (χ3v) is 3.97. The molecule has 134 valence electrons. The molecule has 0 aliphatic heterocycles. The Kier molecular flexibility index (Phi) is 9.23. The van der Waals surface area contributed by atoms with Gasteiger partial charge in [0.1, 0.15) is 0 Å². The van der Waals surface area contributed by atoms with Gasteiger partial charge in [-0.3, -0.25) is 9.79 Å². The van der Waals surface area contributed by atoms with Gasteiger partial charge in [0.25, 0.3) is 0 Å². The second kappa shape index (κ2) is 10.9. The highest BCUT2D eigenvalue weighted by Crippen LogP contribution is 2.11. The molecule has 5 nitrogen and oxygen atoms in total. The molecule has 6 heteroatoms. The molecule has 0 radical (unpaired) electrons. The maximum Gasteiger partial charge on any atom is 0.242 e. The van der Waals surface area contributed by atoms with Gasteiger partial charge in [0, 0.05) is 38.2 Å². The minimum atomic E-state index is 0.114. The second-order valence-electron chi connectivity index (χ2n) is 5.54. The van der Waals surface area contributed by atoms with E-state index in [9.17, 15) is 4.79 Å². The predicted molar refractivity (Wildman–Crippen MR) is 102 cm³/mol. The first kappa shape index (κ1) is 20.3. The highest BCUT2D eigenvalue weighted by Gasteiger charge is 2.14. The third kappa shape index (κ3) is 6.79. The van der Waals surface area contributed by atoms with Crippen molar-refractivity contribution in [1.29, 1.82) is 0 Å². The first-order valence-electron chi connectivity index (χ1n) is 8.53. The molecule has 0 aliphatic rings. The number of likely N-dealkylation sites (N-methyl/N-ethyl adjacent to an activating group) is 2. The van der Waals surface area contributed by atoms with E-state index in [0.717, 1.165) is 42.6 Å². The van der Waals surface area contributed by atoms with E-state index >= 15 is 0 Å². The SMILES string of the molecule is CCNC(=NCCc1cccc(Cl)c1)N(C)CC(=O)N(CC)CC. The van der Waals surface area contributed by atoms with E-state index in [2.05, 4.69) is 10.3 Å². The zero-order chi connectivity index (χ0) is 17.9. The summed E-state index contributed by atoms with van der Waals surface area (Å²) in [5.74, 6) is 0.864. The molecule has 24 heavy (non-hydrogen) atoms. The number of aliphatic imine (C=N–C) groups is 1. The Balaban J connectivity index is 2.65. The average molecular weight is 353 g/mol. The number of carbonyl (C=O) groups is 1. The largest absolute Gasteiger partial charge is 0.357 e. The molecule has 0 heterocycles. The average Bonchev–Trinajstić information content (AvgIpc) is 2.55. The summed E-state index contributed by atoms with van der Waals surface area (Å²) in [5, 5.41) is 3.98. The van der Waals surface area contributed by atoms with E-state index in [-0.39, 0.29) is 5.91 Å². The van der Waals surface area contributed by atoms with Gasteiger partial charge in [-0.2, -0.15) is 0 Å². The summed E-state index contributed by atoms with van der Waals surface area (Å²) in [6, 6.07) is 7.81. The summed E-state index contributed by atoms with van der Waals surface area (Å²) < 4.78 is 0. The van der Waals surface area contributed by atoms with E-state index in [4.69, 9.17) is 11.6 Å². The van der Waals surface area contributed by atoms with Crippen LogP contribution in [-0.4, -0.2) is 61.4 Å². The van der Waals surface area contributed by atoms with Crippen molar-refractivity contribution in [3.63, 3.8) is 0 Å². The summed E-state index contributed by atoms with van der Waals surface area (Å²) in [5.41, 5.74) is 1.16. The molecule has 0 saturated carbocycles. The number of hydrogen-bond donors (Lipinski definition) is 1. The lowest BCUT2D eigenvalue weighted by Crippen LogP contribution is -2.45. The monoisotopic (exact) mass is 352 g/mol. The molecule has 0 aliphatic carbocycles. The molecule has 0 bridgehead atoms. The Labute approximate surface area is 150 Å². The van der Waals surface area contributed by atoms with Crippen LogP contribution in [0.25, 0.3) is 0 Å². The number of halogens is 1. The Morgan fingerprint density at radius 2 is 1.96 bits per heavy atom. The van der Waals surface area contributed by atoms with E-state index in [1.54, 1.807) is 0 Å². The van der Waals surface area contributed by atoms with Crippen molar-refractivity contribution in [2.24, 2.45) is 4.99 Å².